The van der Waals surface area contributed by atoms with Crippen molar-refractivity contribution in [3.63, 3.8) is 0 Å². The monoisotopic (exact) mass is 198 g/mol. The molecule has 0 saturated heterocycles. The third kappa shape index (κ3) is 5.22. The first kappa shape index (κ1) is 12.5. The number of carbonyl (C=O) groups is 2. The minimum Gasteiger partial charge on any atom is -0.466 e. The summed E-state index contributed by atoms with van der Waals surface area (Å²) in [5.41, 5.74) is 8.51. The lowest BCUT2D eigenvalue weighted by Crippen LogP contribution is -2.12. The van der Waals surface area contributed by atoms with Crippen molar-refractivity contribution >= 4 is 17.5 Å². The highest BCUT2D eigenvalue weighted by molar-refractivity contribution is 6.36. The van der Waals surface area contributed by atoms with Crippen molar-refractivity contribution in [2.75, 3.05) is 6.61 Å². The fourth-order valence-corrected chi connectivity index (χ4v) is 0.930. The van der Waals surface area contributed by atoms with Gasteiger partial charge in [-0.05, 0) is 13.3 Å². The van der Waals surface area contributed by atoms with Gasteiger partial charge in [0.05, 0.1) is 13.0 Å². The highest BCUT2D eigenvalue weighted by Crippen LogP contribution is 1.99. The normalized spacial score (nSPS) is 9.00. The number of nitrogens with zero attached hydrogens (tertiary/aromatic N) is 2. The van der Waals surface area contributed by atoms with Crippen LogP contribution in [0.5, 0.6) is 0 Å². The lowest BCUT2D eigenvalue weighted by molar-refractivity contribution is -0.143. The lowest BCUT2D eigenvalue weighted by atomic mass is 10.1. The Bertz CT molecular complexity index is 267. The fourth-order valence-electron chi connectivity index (χ4n) is 0.930. The molecule has 78 valence electrons. The average Bonchev–Trinajstić information content (AvgIpc) is 2.12. The largest absolute Gasteiger partial charge is 0.466 e. The molecule has 0 spiro atoms. The van der Waals surface area contributed by atoms with E-state index in [9.17, 15) is 9.59 Å². The van der Waals surface area contributed by atoms with Crippen molar-refractivity contribution in [2.45, 2.75) is 33.1 Å². The Kier molecular flexibility index (Phi) is 6.24. The number of hydrogen-bond acceptors (Lipinski definition) is 3. The number of Topliss-reactive ketones (excluding diaryl/α,β-unsaturated/α-hetero) is 1. The van der Waals surface area contributed by atoms with Gasteiger partial charge in [0.15, 0.2) is 0 Å². The Balaban J connectivity index is 3.79. The molecule has 0 aromatic carbocycles. The molecule has 0 aromatic rings. The van der Waals surface area contributed by atoms with Crippen molar-refractivity contribution in [2.24, 2.45) is 0 Å². The van der Waals surface area contributed by atoms with E-state index >= 15 is 0 Å². The zero-order chi connectivity index (χ0) is 11.0. The van der Waals surface area contributed by atoms with Gasteiger partial charge >= 0.3 is 11.7 Å². The maximum absolute atomic E-state index is 10.9. The van der Waals surface area contributed by atoms with Gasteiger partial charge in [0.25, 0.3) is 0 Å². The van der Waals surface area contributed by atoms with Gasteiger partial charge < -0.3 is 10.3 Å². The van der Waals surface area contributed by atoms with E-state index in [-0.39, 0.29) is 23.9 Å². The van der Waals surface area contributed by atoms with Crippen molar-refractivity contribution in [3.8, 4) is 0 Å². The first-order valence-corrected chi connectivity index (χ1v) is 4.49. The summed E-state index contributed by atoms with van der Waals surface area (Å²) in [5.74, 6) is -0.579. The van der Waals surface area contributed by atoms with Gasteiger partial charge in [-0.2, -0.15) is 4.79 Å². The first-order valence-electron chi connectivity index (χ1n) is 4.49. The molecule has 0 aliphatic carbocycles. The van der Waals surface area contributed by atoms with Gasteiger partial charge in [-0.15, -0.1) is 0 Å². The Hall–Kier alpha value is -1.48. The number of carbonyl (C=O) groups excluding carboxylic acids is 2. The number of ether oxygens (including phenoxy) is 1. The number of rotatable bonds is 6. The number of hydrogen-bond donors (Lipinski definition) is 0. The predicted octanol–water partition coefficient (Wildman–Crippen LogP) is 0.980. The number of esters is 1. The molecule has 0 aromatic heterocycles. The molecule has 0 heterocycles. The van der Waals surface area contributed by atoms with Crippen LogP contribution < -0.4 is 0 Å². The van der Waals surface area contributed by atoms with Gasteiger partial charge in [-0.3, -0.25) is 9.59 Å². The topological polar surface area (TPSA) is 79.8 Å². The Morgan fingerprint density at radius 2 is 2.00 bits per heavy atom. The molecule has 0 radical (unpaired) electrons. The summed E-state index contributed by atoms with van der Waals surface area (Å²) in [4.78, 5) is 24.5. The predicted molar refractivity (Wildman–Crippen MR) is 49.8 cm³/mol. The van der Waals surface area contributed by atoms with Crippen LogP contribution in [0, 0.1) is 0 Å². The van der Waals surface area contributed by atoms with Crippen LogP contribution in [0.3, 0.4) is 0 Å². The molecule has 0 saturated carbocycles. The third-order valence-corrected chi connectivity index (χ3v) is 1.63. The molecule has 14 heavy (non-hydrogen) atoms. The number of ketones is 1. The molecule has 0 atom stereocenters. The van der Waals surface area contributed by atoms with E-state index in [2.05, 4.69) is 4.79 Å². The second kappa shape index (κ2) is 6.97. The van der Waals surface area contributed by atoms with Crippen LogP contribution in [-0.4, -0.2) is 28.9 Å². The summed E-state index contributed by atoms with van der Waals surface area (Å²) in [5, 5.41) is 0. The van der Waals surface area contributed by atoms with Crippen LogP contribution in [0.1, 0.15) is 33.1 Å². The zero-order valence-corrected chi connectivity index (χ0v) is 8.45. The van der Waals surface area contributed by atoms with Gasteiger partial charge in [-0.25, -0.2) is 0 Å². The molecule has 0 N–H and O–H groups in total. The van der Waals surface area contributed by atoms with E-state index in [1.807, 2.05) is 0 Å². The molecular weight excluding hydrogens is 184 g/mol. The van der Waals surface area contributed by atoms with E-state index < -0.39 is 0 Å². The molecule has 0 amide bonds. The molecule has 0 fully saturated rings. The average molecular weight is 198 g/mol. The minimum atomic E-state index is -0.298. The van der Waals surface area contributed by atoms with Crippen LogP contribution in [0.25, 0.3) is 5.53 Å². The Labute approximate surface area is 82.7 Å². The van der Waals surface area contributed by atoms with Gasteiger partial charge in [0.1, 0.15) is 0 Å². The van der Waals surface area contributed by atoms with Gasteiger partial charge in [-0.1, -0.05) is 0 Å². The van der Waals surface area contributed by atoms with Crippen LogP contribution in [0.4, 0.5) is 0 Å². The SMILES string of the molecule is CCOC(=O)CCCC(=[N+]=[N-])C(C)=O. The summed E-state index contributed by atoms with van der Waals surface area (Å²) >= 11 is 0. The standard InChI is InChI=1S/C9H14N2O3/c1-3-14-9(13)6-4-5-8(11-10)7(2)12/h3-6H2,1-2H3. The van der Waals surface area contributed by atoms with Gasteiger partial charge in [0, 0.05) is 13.3 Å². The summed E-state index contributed by atoms with van der Waals surface area (Å²) in [7, 11) is 0. The molecule has 0 aliphatic rings. The van der Waals surface area contributed by atoms with Gasteiger partial charge in [0.2, 0.25) is 5.78 Å². The van der Waals surface area contributed by atoms with Crippen LogP contribution in [0.15, 0.2) is 0 Å². The summed E-state index contributed by atoms with van der Waals surface area (Å²) < 4.78 is 4.69. The Morgan fingerprint density at radius 3 is 2.43 bits per heavy atom. The van der Waals surface area contributed by atoms with Crippen molar-refractivity contribution in [1.29, 1.82) is 0 Å². The van der Waals surface area contributed by atoms with E-state index in [0.29, 0.717) is 19.4 Å². The maximum Gasteiger partial charge on any atom is 0.334 e. The quantitative estimate of drug-likeness (QED) is 0.276. The lowest BCUT2D eigenvalue weighted by Gasteiger charge is -1.98. The summed E-state index contributed by atoms with van der Waals surface area (Å²) in [6, 6.07) is 0. The highest BCUT2D eigenvalue weighted by Gasteiger charge is 2.14. The smallest absolute Gasteiger partial charge is 0.334 e. The van der Waals surface area contributed by atoms with Crippen LogP contribution in [0.2, 0.25) is 0 Å². The maximum atomic E-state index is 10.9. The molecule has 0 aliphatic heterocycles. The first-order chi connectivity index (χ1) is 6.61. The molecule has 0 unspecified atom stereocenters. The summed E-state index contributed by atoms with van der Waals surface area (Å²) in [6.45, 7) is 3.40. The minimum absolute atomic E-state index is 0.0919. The molecule has 5 nitrogen and oxygen atoms in total. The second-order valence-corrected chi connectivity index (χ2v) is 2.76. The van der Waals surface area contributed by atoms with Crippen LogP contribution in [-0.2, 0) is 14.3 Å². The fraction of sp³-hybridized carbons (Fsp3) is 0.667. The molecular formula is C9H14N2O3. The van der Waals surface area contributed by atoms with Crippen molar-refractivity contribution in [3.05, 3.63) is 5.53 Å². The second-order valence-electron chi connectivity index (χ2n) is 2.76. The van der Waals surface area contributed by atoms with E-state index in [4.69, 9.17) is 10.3 Å². The highest BCUT2D eigenvalue weighted by atomic mass is 16.5. The van der Waals surface area contributed by atoms with Crippen LogP contribution >= 0.6 is 0 Å². The third-order valence-electron chi connectivity index (χ3n) is 1.63. The summed E-state index contributed by atoms with van der Waals surface area (Å²) in [6.07, 6.45) is 0.989. The van der Waals surface area contributed by atoms with E-state index in [1.54, 1.807) is 6.92 Å². The van der Waals surface area contributed by atoms with E-state index in [0.717, 1.165) is 0 Å². The van der Waals surface area contributed by atoms with Crippen molar-refractivity contribution in [1.82, 2.24) is 0 Å². The van der Waals surface area contributed by atoms with Crippen molar-refractivity contribution < 1.29 is 19.1 Å². The van der Waals surface area contributed by atoms with E-state index in [1.165, 1.54) is 6.92 Å². The molecule has 0 bridgehead atoms. The molecule has 0 rings (SSSR count). The Morgan fingerprint density at radius 1 is 1.36 bits per heavy atom. The molecule has 5 heteroatoms. The zero-order valence-electron chi connectivity index (χ0n) is 8.45.